The SMILES string of the molecule is C=CC(=O)N1CC2(C1)CN(C(CC(C)C)c1ccc([C@H](C)Nc3ncc4c(n3)N(C(C)C)C(=O)OC4)cc1)C2. The summed E-state index contributed by atoms with van der Waals surface area (Å²) in [6.07, 6.45) is 3.86. The van der Waals surface area contributed by atoms with Gasteiger partial charge in [-0.05, 0) is 50.3 Å². The van der Waals surface area contributed by atoms with E-state index in [0.717, 1.165) is 43.7 Å². The van der Waals surface area contributed by atoms with Gasteiger partial charge in [-0.25, -0.2) is 9.78 Å². The van der Waals surface area contributed by atoms with Crippen molar-refractivity contribution in [2.45, 2.75) is 65.8 Å². The number of hydrogen-bond acceptors (Lipinski definition) is 7. The number of amides is 2. The zero-order chi connectivity index (χ0) is 27.9. The number of likely N-dealkylation sites (tertiary alicyclic amines) is 2. The van der Waals surface area contributed by atoms with Gasteiger partial charge in [0.2, 0.25) is 11.9 Å². The topological polar surface area (TPSA) is 90.9 Å². The highest BCUT2D eigenvalue weighted by atomic mass is 16.6. The molecule has 0 bridgehead atoms. The average molecular weight is 533 g/mol. The molecule has 1 aromatic heterocycles. The first kappa shape index (κ1) is 27.1. The highest BCUT2D eigenvalue weighted by Crippen LogP contribution is 2.45. The monoisotopic (exact) mass is 532 g/mol. The van der Waals surface area contributed by atoms with Crippen LogP contribution in [0.2, 0.25) is 0 Å². The standard InChI is InChI=1S/C30H40N6O3/c1-7-26(37)35-17-30(18-35)15-34(16-30)25(12-19(2)3)23-10-8-22(9-11-23)21(6)32-28-31-13-24-14-39-29(38)36(20(4)5)27(24)33-28/h7-11,13,19-21,25H,1,12,14-18H2,2-6H3,(H,31,32,33)/t21-,25?/m0/s1. The number of benzene rings is 1. The predicted octanol–water partition coefficient (Wildman–Crippen LogP) is 4.93. The van der Waals surface area contributed by atoms with Crippen molar-refractivity contribution in [3.63, 3.8) is 0 Å². The van der Waals surface area contributed by atoms with Crippen molar-refractivity contribution in [3.05, 3.63) is 59.8 Å². The Kier molecular flexibility index (Phi) is 7.37. The van der Waals surface area contributed by atoms with Crippen LogP contribution in [0.25, 0.3) is 0 Å². The molecule has 2 fully saturated rings. The number of cyclic esters (lactones) is 1. The smallest absolute Gasteiger partial charge is 0.416 e. The molecule has 3 aliphatic heterocycles. The van der Waals surface area contributed by atoms with E-state index in [0.29, 0.717) is 23.7 Å². The summed E-state index contributed by atoms with van der Waals surface area (Å²) in [5.74, 6) is 1.71. The van der Waals surface area contributed by atoms with Crippen molar-refractivity contribution < 1.29 is 14.3 Å². The van der Waals surface area contributed by atoms with Gasteiger partial charge in [0.15, 0.2) is 0 Å². The second-order valence-electron chi connectivity index (χ2n) is 12.0. The second-order valence-corrected chi connectivity index (χ2v) is 12.0. The number of nitrogens with one attached hydrogen (secondary N) is 1. The maximum Gasteiger partial charge on any atom is 0.416 e. The molecular weight excluding hydrogens is 492 g/mol. The summed E-state index contributed by atoms with van der Waals surface area (Å²) in [6.45, 7) is 18.0. The van der Waals surface area contributed by atoms with Crippen molar-refractivity contribution in [2.75, 3.05) is 36.4 Å². The van der Waals surface area contributed by atoms with E-state index in [1.165, 1.54) is 11.6 Å². The van der Waals surface area contributed by atoms with Crippen LogP contribution >= 0.6 is 0 Å². The highest BCUT2D eigenvalue weighted by molar-refractivity contribution is 5.89. The molecule has 1 spiro atoms. The fourth-order valence-corrected chi connectivity index (χ4v) is 6.04. The minimum atomic E-state index is -0.380. The summed E-state index contributed by atoms with van der Waals surface area (Å²) < 4.78 is 5.26. The van der Waals surface area contributed by atoms with Crippen LogP contribution in [0, 0.1) is 11.3 Å². The molecule has 1 N–H and O–H groups in total. The van der Waals surface area contributed by atoms with Gasteiger partial charge >= 0.3 is 6.09 Å². The van der Waals surface area contributed by atoms with Gasteiger partial charge in [-0.2, -0.15) is 4.98 Å². The normalized spacial score (nSPS) is 19.7. The largest absolute Gasteiger partial charge is 0.444 e. The Morgan fingerprint density at radius 2 is 1.77 bits per heavy atom. The molecule has 2 amide bonds. The van der Waals surface area contributed by atoms with Crippen molar-refractivity contribution in [3.8, 4) is 0 Å². The third kappa shape index (κ3) is 5.37. The molecule has 0 saturated carbocycles. The Balaban J connectivity index is 1.25. The molecule has 2 aromatic rings. The minimum absolute atomic E-state index is 0.0145. The van der Waals surface area contributed by atoms with Crippen molar-refractivity contribution in [1.82, 2.24) is 19.8 Å². The molecule has 2 saturated heterocycles. The number of aromatic nitrogens is 2. The van der Waals surface area contributed by atoms with E-state index in [4.69, 9.17) is 4.74 Å². The Labute approximate surface area is 231 Å². The second kappa shape index (κ2) is 10.6. The first-order valence-corrected chi connectivity index (χ1v) is 13.9. The zero-order valence-electron chi connectivity index (χ0n) is 23.7. The lowest BCUT2D eigenvalue weighted by molar-refractivity contribution is -0.159. The Morgan fingerprint density at radius 1 is 1.10 bits per heavy atom. The van der Waals surface area contributed by atoms with Crippen LogP contribution in [0.15, 0.2) is 43.1 Å². The average Bonchev–Trinajstić information content (AvgIpc) is 2.85. The maximum atomic E-state index is 12.3. The van der Waals surface area contributed by atoms with Gasteiger partial charge < -0.3 is 15.0 Å². The van der Waals surface area contributed by atoms with Crippen LogP contribution in [0.3, 0.4) is 0 Å². The van der Waals surface area contributed by atoms with Crippen molar-refractivity contribution in [2.24, 2.45) is 11.3 Å². The molecule has 4 heterocycles. The van der Waals surface area contributed by atoms with Gasteiger partial charge in [-0.3, -0.25) is 14.6 Å². The molecule has 1 aromatic carbocycles. The van der Waals surface area contributed by atoms with Gasteiger partial charge in [0.05, 0.1) is 11.6 Å². The van der Waals surface area contributed by atoms with E-state index < -0.39 is 0 Å². The van der Waals surface area contributed by atoms with E-state index >= 15 is 0 Å². The molecule has 208 valence electrons. The zero-order valence-corrected chi connectivity index (χ0v) is 23.7. The number of hydrogen-bond donors (Lipinski definition) is 1. The lowest BCUT2D eigenvalue weighted by Crippen LogP contribution is -2.73. The number of anilines is 2. The quantitative estimate of drug-likeness (QED) is 0.458. The van der Waals surface area contributed by atoms with Crippen molar-refractivity contribution >= 4 is 23.8 Å². The van der Waals surface area contributed by atoms with Gasteiger partial charge in [0.25, 0.3) is 0 Å². The summed E-state index contributed by atoms with van der Waals surface area (Å²) in [4.78, 5) is 39.3. The number of carbonyl (C=O) groups is 2. The summed E-state index contributed by atoms with van der Waals surface area (Å²) in [5.41, 5.74) is 3.52. The van der Waals surface area contributed by atoms with Crippen molar-refractivity contribution in [1.29, 1.82) is 0 Å². The number of carbonyl (C=O) groups excluding carboxylic acids is 2. The Bertz CT molecular complexity index is 1230. The van der Waals surface area contributed by atoms with Crippen LogP contribution in [-0.2, 0) is 16.1 Å². The number of fused-ring (bicyclic) bond motifs is 1. The molecule has 2 atom stereocenters. The van der Waals surface area contributed by atoms with Gasteiger partial charge in [0, 0.05) is 49.9 Å². The van der Waals surface area contributed by atoms with Gasteiger partial charge in [0.1, 0.15) is 12.4 Å². The van der Waals surface area contributed by atoms with E-state index in [1.807, 2.05) is 18.7 Å². The van der Waals surface area contributed by atoms with E-state index in [9.17, 15) is 9.59 Å². The van der Waals surface area contributed by atoms with E-state index in [1.54, 1.807) is 11.1 Å². The number of rotatable bonds is 9. The first-order valence-electron chi connectivity index (χ1n) is 13.9. The molecular formula is C30H40N6O3. The lowest BCUT2D eigenvalue weighted by atomic mass is 9.71. The highest BCUT2D eigenvalue weighted by Gasteiger charge is 2.54. The lowest BCUT2D eigenvalue weighted by Gasteiger charge is -2.62. The summed E-state index contributed by atoms with van der Waals surface area (Å²) in [5, 5.41) is 3.40. The summed E-state index contributed by atoms with van der Waals surface area (Å²) in [6, 6.07) is 9.12. The third-order valence-corrected chi connectivity index (χ3v) is 8.05. The van der Waals surface area contributed by atoms with Crippen LogP contribution < -0.4 is 10.2 Å². The molecule has 0 radical (unpaired) electrons. The molecule has 9 heteroatoms. The third-order valence-electron chi connectivity index (χ3n) is 8.05. The predicted molar refractivity (Wildman–Crippen MR) is 151 cm³/mol. The number of nitrogens with zero attached hydrogens (tertiary/aromatic N) is 5. The van der Waals surface area contributed by atoms with E-state index in [2.05, 4.69) is 71.8 Å². The fourth-order valence-electron chi connectivity index (χ4n) is 6.04. The Morgan fingerprint density at radius 3 is 2.38 bits per heavy atom. The van der Waals surface area contributed by atoms with Crippen LogP contribution in [0.1, 0.15) is 69.8 Å². The molecule has 5 rings (SSSR count). The summed E-state index contributed by atoms with van der Waals surface area (Å²) >= 11 is 0. The first-order chi connectivity index (χ1) is 18.6. The fraction of sp³-hybridized carbons (Fsp3) is 0.533. The summed E-state index contributed by atoms with van der Waals surface area (Å²) in [7, 11) is 0. The molecule has 3 aliphatic rings. The number of ether oxygens (including phenoxy) is 1. The Hall–Kier alpha value is -3.46. The molecule has 9 nitrogen and oxygen atoms in total. The molecule has 1 unspecified atom stereocenters. The molecule has 39 heavy (non-hydrogen) atoms. The van der Waals surface area contributed by atoms with Crippen LogP contribution in [0.4, 0.5) is 16.6 Å². The van der Waals surface area contributed by atoms with Gasteiger partial charge in [-0.1, -0.05) is 44.7 Å². The maximum absolute atomic E-state index is 12.3. The van der Waals surface area contributed by atoms with Crippen LogP contribution in [-0.4, -0.2) is 64.0 Å². The molecule has 0 aliphatic carbocycles. The van der Waals surface area contributed by atoms with Gasteiger partial charge in [-0.15, -0.1) is 0 Å². The van der Waals surface area contributed by atoms with E-state index in [-0.39, 0.29) is 36.1 Å². The van der Waals surface area contributed by atoms with Crippen LogP contribution in [0.5, 0.6) is 0 Å². The minimum Gasteiger partial charge on any atom is -0.444 e.